The number of carbonyl (C=O) groups is 1. The Morgan fingerprint density at radius 2 is 2.00 bits per heavy atom. The minimum atomic E-state index is -1.19. The van der Waals surface area contributed by atoms with Crippen LogP contribution in [0.4, 0.5) is 5.82 Å². The van der Waals surface area contributed by atoms with Crippen molar-refractivity contribution < 1.29 is 9.90 Å². The third-order valence-corrected chi connectivity index (χ3v) is 6.62. The lowest BCUT2D eigenvalue weighted by Crippen LogP contribution is -2.38. The van der Waals surface area contributed by atoms with Crippen LogP contribution in [0.15, 0.2) is 35.4 Å². The summed E-state index contributed by atoms with van der Waals surface area (Å²) in [5.74, 6) is 1.02. The van der Waals surface area contributed by atoms with Crippen LogP contribution in [0.5, 0.6) is 0 Å². The molecule has 3 N–H and O–H groups in total. The molecule has 2 aromatic rings. The van der Waals surface area contributed by atoms with E-state index in [9.17, 15) is 14.7 Å². The number of carboxylic acids is 1. The first-order valence-corrected chi connectivity index (χ1v) is 9.91. The van der Waals surface area contributed by atoms with Gasteiger partial charge in [0.1, 0.15) is 11.4 Å². The Hall–Kier alpha value is -2.67. The van der Waals surface area contributed by atoms with Gasteiger partial charge in [0.2, 0.25) is 5.43 Å². The van der Waals surface area contributed by atoms with Crippen molar-refractivity contribution >= 4 is 22.7 Å². The van der Waals surface area contributed by atoms with Gasteiger partial charge < -0.3 is 20.3 Å². The lowest BCUT2D eigenvalue weighted by Gasteiger charge is -2.30. The fourth-order valence-corrected chi connectivity index (χ4v) is 4.81. The monoisotopic (exact) mass is 380 g/mol. The van der Waals surface area contributed by atoms with Crippen molar-refractivity contribution in [3.05, 3.63) is 46.4 Å². The second-order valence-corrected chi connectivity index (χ2v) is 8.43. The van der Waals surface area contributed by atoms with Crippen molar-refractivity contribution in [3.8, 4) is 0 Å². The predicted octanol–water partition coefficient (Wildman–Crippen LogP) is 2.02. The number of hydrogen-bond donors (Lipinski definition) is 2. The largest absolute Gasteiger partial charge is 0.477 e. The Bertz CT molecular complexity index is 1040. The molecule has 0 bridgehead atoms. The number of nitrogens with two attached hydrogens (primary N) is 1. The molecule has 1 saturated heterocycles. The minimum Gasteiger partial charge on any atom is -0.477 e. The molecule has 2 aliphatic carbocycles. The van der Waals surface area contributed by atoms with Gasteiger partial charge in [0, 0.05) is 49.6 Å². The molecule has 2 fully saturated rings. The molecule has 1 aliphatic heterocycles. The van der Waals surface area contributed by atoms with Crippen LogP contribution < -0.4 is 16.1 Å². The maximum atomic E-state index is 12.6. The third kappa shape index (κ3) is 2.64. The van der Waals surface area contributed by atoms with Gasteiger partial charge in [-0.25, -0.2) is 9.78 Å². The summed E-state index contributed by atoms with van der Waals surface area (Å²) < 4.78 is 1.95. The molecule has 5 rings (SSSR count). The van der Waals surface area contributed by atoms with Crippen LogP contribution in [-0.2, 0) is 0 Å². The van der Waals surface area contributed by atoms with E-state index in [-0.39, 0.29) is 17.6 Å². The van der Waals surface area contributed by atoms with E-state index in [0.717, 1.165) is 37.3 Å². The van der Waals surface area contributed by atoms with Crippen molar-refractivity contribution in [3.63, 3.8) is 0 Å². The summed E-state index contributed by atoms with van der Waals surface area (Å²) in [5, 5.41) is 9.76. The molecule has 3 heterocycles. The highest BCUT2D eigenvalue weighted by Gasteiger charge is 2.40. The second-order valence-electron chi connectivity index (χ2n) is 8.43. The van der Waals surface area contributed by atoms with E-state index in [1.54, 1.807) is 6.20 Å². The summed E-state index contributed by atoms with van der Waals surface area (Å²) in [4.78, 5) is 30.9. The van der Waals surface area contributed by atoms with Gasteiger partial charge in [0.15, 0.2) is 0 Å². The zero-order valence-corrected chi connectivity index (χ0v) is 15.8. The lowest BCUT2D eigenvalue weighted by molar-refractivity contribution is 0.0695. The Balaban J connectivity index is 1.57. The van der Waals surface area contributed by atoms with E-state index in [1.165, 1.54) is 6.20 Å². The summed E-state index contributed by atoms with van der Waals surface area (Å²) >= 11 is 0. The van der Waals surface area contributed by atoms with Gasteiger partial charge in [-0.2, -0.15) is 0 Å². The van der Waals surface area contributed by atoms with Crippen molar-refractivity contribution in [1.29, 1.82) is 0 Å². The number of hydrogen-bond acceptors (Lipinski definition) is 5. The SMILES string of the molecule is CC1C=C[C@@H](N)[C@H]2CN(c3cc4c(cn3)c(=O)c(C(=O)O)cn4C3CC3)C[C@@H]12. The van der Waals surface area contributed by atoms with E-state index in [1.807, 2.05) is 10.6 Å². The van der Waals surface area contributed by atoms with Crippen LogP contribution in [0.1, 0.15) is 36.2 Å². The maximum absolute atomic E-state index is 12.6. The van der Waals surface area contributed by atoms with Gasteiger partial charge in [0.25, 0.3) is 0 Å². The fourth-order valence-electron chi connectivity index (χ4n) is 4.81. The summed E-state index contributed by atoms with van der Waals surface area (Å²) in [6, 6.07) is 2.27. The molecule has 3 aliphatic rings. The predicted molar refractivity (Wildman–Crippen MR) is 107 cm³/mol. The molecule has 4 atom stereocenters. The van der Waals surface area contributed by atoms with E-state index < -0.39 is 11.4 Å². The smallest absolute Gasteiger partial charge is 0.341 e. The van der Waals surface area contributed by atoms with Gasteiger partial charge in [-0.05, 0) is 24.7 Å². The van der Waals surface area contributed by atoms with Crippen molar-refractivity contribution in [2.24, 2.45) is 23.5 Å². The first kappa shape index (κ1) is 17.4. The Morgan fingerprint density at radius 1 is 1.25 bits per heavy atom. The van der Waals surface area contributed by atoms with Crippen molar-refractivity contribution in [1.82, 2.24) is 9.55 Å². The molecule has 28 heavy (non-hydrogen) atoms. The normalized spacial score (nSPS) is 29.3. The Morgan fingerprint density at radius 3 is 2.68 bits per heavy atom. The number of allylic oxidation sites excluding steroid dienone is 1. The number of fused-ring (bicyclic) bond motifs is 2. The molecule has 7 heteroatoms. The van der Waals surface area contributed by atoms with Gasteiger partial charge in [-0.15, -0.1) is 0 Å². The highest BCUT2D eigenvalue weighted by Crippen LogP contribution is 2.39. The zero-order valence-electron chi connectivity index (χ0n) is 15.8. The molecule has 0 spiro atoms. The van der Waals surface area contributed by atoms with Gasteiger partial charge >= 0.3 is 5.97 Å². The molecule has 1 unspecified atom stereocenters. The summed E-state index contributed by atoms with van der Waals surface area (Å²) in [5.41, 5.74) is 6.43. The van der Waals surface area contributed by atoms with E-state index in [2.05, 4.69) is 29.0 Å². The van der Waals surface area contributed by atoms with Crippen LogP contribution in [0.3, 0.4) is 0 Å². The topological polar surface area (TPSA) is 101 Å². The van der Waals surface area contributed by atoms with E-state index in [0.29, 0.717) is 23.1 Å². The standard InChI is InChI=1S/C21H24N4O3/c1-11-2-5-17(22)15-9-24(8-14(11)15)19-6-18-13(7-23-19)20(26)16(21(27)28)10-25(18)12-3-4-12/h2,5-7,10-12,14-15,17H,3-4,8-9,22H2,1H3,(H,27,28)/t11?,14-,15-,17+/m0/s1. The van der Waals surface area contributed by atoms with Crippen molar-refractivity contribution in [2.45, 2.75) is 31.8 Å². The number of carboxylic acid groups (broad SMARTS) is 1. The molecule has 2 aromatic heterocycles. The van der Waals surface area contributed by atoms with E-state index >= 15 is 0 Å². The molecule has 1 saturated carbocycles. The number of anilines is 1. The average molecular weight is 380 g/mol. The zero-order chi connectivity index (χ0) is 19.6. The number of aromatic nitrogens is 2. The van der Waals surface area contributed by atoms with Crippen LogP contribution in [0.2, 0.25) is 0 Å². The fraction of sp³-hybridized carbons (Fsp3) is 0.476. The van der Waals surface area contributed by atoms with Gasteiger partial charge in [0.05, 0.1) is 10.9 Å². The summed E-state index contributed by atoms with van der Waals surface area (Å²) in [6.45, 7) is 3.97. The molecular weight excluding hydrogens is 356 g/mol. The molecular formula is C21H24N4O3. The number of rotatable bonds is 3. The first-order valence-electron chi connectivity index (χ1n) is 9.91. The Labute approximate surface area is 162 Å². The molecule has 146 valence electrons. The molecule has 7 nitrogen and oxygen atoms in total. The molecule has 0 aromatic carbocycles. The lowest BCUT2D eigenvalue weighted by atomic mass is 9.77. The molecule has 0 amide bonds. The van der Waals surface area contributed by atoms with Crippen LogP contribution in [0, 0.1) is 17.8 Å². The Kier molecular flexibility index (Phi) is 3.84. The highest BCUT2D eigenvalue weighted by atomic mass is 16.4. The number of pyridine rings is 2. The van der Waals surface area contributed by atoms with Gasteiger partial charge in [-0.3, -0.25) is 4.79 Å². The van der Waals surface area contributed by atoms with Crippen LogP contribution in [-0.4, -0.2) is 39.8 Å². The number of nitrogens with zero attached hydrogens (tertiary/aromatic N) is 3. The molecule has 0 radical (unpaired) electrons. The van der Waals surface area contributed by atoms with Crippen molar-refractivity contribution in [2.75, 3.05) is 18.0 Å². The van der Waals surface area contributed by atoms with Crippen LogP contribution >= 0.6 is 0 Å². The maximum Gasteiger partial charge on any atom is 0.341 e. The average Bonchev–Trinajstić information content (AvgIpc) is 3.41. The number of aromatic carboxylic acids is 1. The van der Waals surface area contributed by atoms with E-state index in [4.69, 9.17) is 5.73 Å². The minimum absolute atomic E-state index is 0.0643. The van der Waals surface area contributed by atoms with Gasteiger partial charge in [-0.1, -0.05) is 19.1 Å². The highest BCUT2D eigenvalue weighted by molar-refractivity contribution is 5.93. The van der Waals surface area contributed by atoms with Crippen LogP contribution in [0.25, 0.3) is 10.9 Å². The first-order chi connectivity index (χ1) is 13.4. The second kappa shape index (κ2) is 6.17. The quantitative estimate of drug-likeness (QED) is 0.790. The summed E-state index contributed by atoms with van der Waals surface area (Å²) in [6.07, 6.45) is 9.37. The third-order valence-electron chi connectivity index (χ3n) is 6.62. The summed E-state index contributed by atoms with van der Waals surface area (Å²) in [7, 11) is 0.